The zero-order valence-corrected chi connectivity index (χ0v) is 20.9. The van der Waals surface area contributed by atoms with Crippen molar-refractivity contribution in [2.24, 2.45) is 0 Å². The van der Waals surface area contributed by atoms with E-state index in [1.54, 1.807) is 6.07 Å². The van der Waals surface area contributed by atoms with Gasteiger partial charge in [0.15, 0.2) is 10.1 Å². The van der Waals surface area contributed by atoms with Crippen LogP contribution in [0, 0.1) is 0 Å². The van der Waals surface area contributed by atoms with E-state index < -0.39 is 37.2 Å². The van der Waals surface area contributed by atoms with E-state index in [2.05, 4.69) is 4.98 Å². The molecule has 0 spiro atoms. The number of hydrogen-bond donors (Lipinski definition) is 1. The average molecular weight is 743 g/mol. The molecule has 1 heterocycles. The van der Waals surface area contributed by atoms with Gasteiger partial charge in [-0.15, -0.1) is 0 Å². The molecule has 0 amide bonds. The number of hydrogen-bond acceptors (Lipinski definition) is 5. The number of nitrogens with two attached hydrogens (primary N) is 5. The van der Waals surface area contributed by atoms with Crippen molar-refractivity contribution in [3.8, 4) is 0 Å². The maximum atomic E-state index is 10.7. The van der Waals surface area contributed by atoms with E-state index in [9.17, 15) is 68.3 Å². The van der Waals surface area contributed by atoms with Crippen LogP contribution < -0.4 is 0 Å². The largest absolute Gasteiger partial charge is 5.00 e. The molecule has 0 atom stereocenters. The molecule has 1 aromatic heterocycles. The Labute approximate surface area is 209 Å². The van der Waals surface area contributed by atoms with E-state index in [1.807, 2.05) is 0 Å². The Balaban J connectivity index is -0.0000000385. The third kappa shape index (κ3) is 95.5. The Hall–Kier alpha value is -1.24. The van der Waals surface area contributed by atoms with E-state index in [0.717, 1.165) is 0 Å². The number of carboxylic acid groups (broad SMARTS) is 1. The number of pyridine rings is 1. The summed E-state index contributed by atoms with van der Waals surface area (Å²) in [6, 6.07) is 3.08. The summed E-state index contributed by atoms with van der Waals surface area (Å²) in [5, 5.41) is 8.34. The molecule has 0 saturated heterocycles. The first-order valence-electron chi connectivity index (χ1n) is 5.74. The van der Waals surface area contributed by atoms with Crippen molar-refractivity contribution in [1.82, 2.24) is 4.98 Å². The van der Waals surface area contributed by atoms with E-state index in [1.165, 1.54) is 18.5 Å². The molecule has 1 aromatic rings. The number of carboxylic acids is 1. The normalized spacial score (nSPS) is 13.9. The van der Waals surface area contributed by atoms with Crippen molar-refractivity contribution < 1.29 is 106 Å². The molecule has 235 valence electrons. The molecule has 0 unspecified atom stereocenters. The summed E-state index contributed by atoms with van der Waals surface area (Å²) in [5.74, 6) is -0.942. The maximum Gasteiger partial charge on any atom is 5.00 e. The predicted octanol–water partition coefficient (Wildman–Crippen LogP) is 11.2. The molecule has 11 N–H and O–H groups in total. The van der Waals surface area contributed by atoms with Gasteiger partial charge in [-0.05, 0) is 12.1 Å². The molecule has 0 aliphatic carbocycles. The first-order chi connectivity index (χ1) is 12.5. The van der Waals surface area contributed by atoms with Crippen molar-refractivity contribution in [2.75, 3.05) is 0 Å². The average Bonchev–Trinajstić information content (AvgIpc) is 2.30. The third-order valence-electron chi connectivity index (χ3n) is 1.19. The van der Waals surface area contributed by atoms with Crippen LogP contribution in [0.3, 0.4) is 0 Å². The van der Waals surface area contributed by atoms with E-state index in [4.69, 9.17) is 18.1 Å². The second-order valence-corrected chi connectivity index (χ2v) is 9.57. The minimum absolute atomic E-state index is 0. The molecule has 1 radical (unpaired) electrons. The molecule has 30 heteroatoms. The summed E-state index contributed by atoms with van der Waals surface area (Å²) in [6.07, 6.45) is 2.84. The molecular weight excluding hydrogens is 728 g/mol. The van der Waals surface area contributed by atoms with Crippen molar-refractivity contribution in [2.45, 2.75) is 5.51 Å². The summed E-state index contributed by atoms with van der Waals surface area (Å²) in [6.45, 7) is 0. The number of halogens is 15. The summed E-state index contributed by atoms with van der Waals surface area (Å²) in [5.41, 5.74) is -5.43. The molecule has 37 heavy (non-hydrogen) atoms. The molecule has 0 saturated carbocycles. The van der Waals surface area contributed by atoms with Gasteiger partial charge in [0.2, 0.25) is 0 Å². The van der Waals surface area contributed by atoms with Crippen molar-refractivity contribution in [1.29, 1.82) is 0 Å². The van der Waals surface area contributed by atoms with Crippen LogP contribution in [0.5, 0.6) is 0 Å². The number of nitrogens with zero attached hydrogens (tertiary/aromatic N) is 1. The van der Waals surface area contributed by atoms with Crippen LogP contribution in [0.2, 0.25) is 0 Å². The quantitative estimate of drug-likeness (QED) is 0.0958. The fourth-order valence-corrected chi connectivity index (χ4v) is 0.489. The summed E-state index contributed by atoms with van der Waals surface area (Å²) in [4.78, 5) is 13.8. The van der Waals surface area contributed by atoms with Gasteiger partial charge in [0.1, 0.15) is 0 Å². The van der Waals surface area contributed by atoms with Crippen LogP contribution in [0.4, 0.5) is 63.5 Å². The van der Waals surface area contributed by atoms with Gasteiger partial charge in [-0.25, -0.2) is 13.2 Å². The second kappa shape index (κ2) is 14.8. The van der Waals surface area contributed by atoms with Gasteiger partial charge in [-0.2, -0.15) is 13.2 Å². The van der Waals surface area contributed by atoms with Crippen LogP contribution in [-0.2, 0) is 29.6 Å². The monoisotopic (exact) mass is 744 g/mol. The van der Waals surface area contributed by atoms with Gasteiger partial charge >= 0.3 is 96.9 Å². The van der Waals surface area contributed by atoms with Gasteiger partial charge in [0.05, 0.1) is 5.56 Å². The van der Waals surface area contributed by atoms with E-state index >= 15 is 0 Å². The first-order valence-corrected chi connectivity index (χ1v) is 11.2. The summed E-state index contributed by atoms with van der Waals surface area (Å²) >= 11 is 0. The molecule has 0 aliphatic rings. The van der Waals surface area contributed by atoms with Crippen LogP contribution in [-0.4, -0.2) is 34.5 Å². The molecule has 0 aliphatic heterocycles. The molecule has 0 bridgehead atoms. The van der Waals surface area contributed by atoms with Crippen molar-refractivity contribution >= 4 is 31.7 Å². The number of aromatic nitrogens is 1. The van der Waals surface area contributed by atoms with E-state index in [-0.39, 0.29) is 55.8 Å². The predicted molar refractivity (Wildman–Crippen MR) is 101 cm³/mol. The van der Waals surface area contributed by atoms with Crippen molar-refractivity contribution in [3.63, 3.8) is 0 Å². The topological polar surface area (TPSA) is 275 Å². The molecule has 0 fully saturated rings. The van der Waals surface area contributed by atoms with Crippen LogP contribution in [0.25, 0.3) is 30.8 Å². The number of carbonyl (C=O) groups is 1. The Bertz CT molecular complexity index is 816. The van der Waals surface area contributed by atoms with Gasteiger partial charge in [0.25, 0.3) is 0 Å². The standard InChI is InChI=1S/C6H5NO2.CHF3O3S.2F6P.5H2N.Ru/c8-6(9)5-2-1-3-7-4-5;2-1(3,4)8(5,6)7;2*1-7(2,3,4,5)6;;;;;;/h1-4H,(H,8,9);(H,5,6,7);;;5*1H2;/q;;7*-1;+5/p-1. The number of alkyl halides is 3. The Morgan fingerprint density at radius 1 is 0.784 bits per heavy atom. The maximum absolute atomic E-state index is 10.7. The smallest absolute Gasteiger partial charge is 0.741 e. The SMILES string of the molecule is F[P-](F)(F)(F)(F)F.F[P-](F)(F)(F)(F)F.O=C(O)c1cccnc1.O=S(=O)([O-])C(F)(F)F.[NH2-].[NH2-].[NH2-].[NH2-].[NH2-].[Ru+5]. The van der Waals surface area contributed by atoms with Crippen LogP contribution in [0.15, 0.2) is 24.5 Å². The fourth-order valence-electron chi connectivity index (χ4n) is 0.489. The zero-order valence-electron chi connectivity index (χ0n) is 16.5. The van der Waals surface area contributed by atoms with Gasteiger partial charge in [-0.1, -0.05) is 0 Å². The van der Waals surface area contributed by atoms with Gasteiger partial charge < -0.3 is 40.4 Å². The molecule has 1 rings (SSSR count). The van der Waals surface area contributed by atoms with Crippen LogP contribution in [0.1, 0.15) is 10.4 Å². The van der Waals surface area contributed by atoms with E-state index in [0.29, 0.717) is 0 Å². The molecule has 0 aromatic carbocycles. The number of aromatic carboxylic acids is 1. The van der Waals surface area contributed by atoms with Gasteiger partial charge in [0, 0.05) is 12.4 Å². The first kappa shape index (κ1) is 60.3. The summed E-state index contributed by atoms with van der Waals surface area (Å²) in [7, 11) is -27.4. The number of rotatable bonds is 1. The molecular formula is C7H15F15N6O5P2RuS-3. The fraction of sp³-hybridized carbons (Fsp3) is 0.143. The van der Waals surface area contributed by atoms with Crippen molar-refractivity contribution in [3.05, 3.63) is 60.8 Å². The third-order valence-corrected chi connectivity index (χ3v) is 1.76. The molecule has 11 nitrogen and oxygen atoms in total. The Morgan fingerprint density at radius 3 is 1.08 bits per heavy atom. The Morgan fingerprint density at radius 2 is 1.00 bits per heavy atom. The second-order valence-electron chi connectivity index (χ2n) is 4.36. The Kier molecular flexibility index (Phi) is 24.1. The van der Waals surface area contributed by atoms with Crippen LogP contribution >= 0.6 is 15.6 Å². The minimum Gasteiger partial charge on any atom is -0.741 e. The minimum atomic E-state index is -10.7. The van der Waals surface area contributed by atoms with Gasteiger partial charge in [-0.3, -0.25) is 4.98 Å². The summed E-state index contributed by atoms with van der Waals surface area (Å²) < 4.78 is 177. The zero-order chi connectivity index (χ0) is 26.5.